The van der Waals surface area contributed by atoms with Crippen molar-refractivity contribution in [3.8, 4) is 0 Å². The first-order chi connectivity index (χ1) is 12.6. The number of carbonyl (C=O) groups excluding carboxylic acids is 2. The van der Waals surface area contributed by atoms with Gasteiger partial charge in [-0.2, -0.15) is 18.2 Å². The number of amides is 3. The van der Waals surface area contributed by atoms with Crippen molar-refractivity contribution >= 4 is 35.0 Å². The zero-order valence-corrected chi connectivity index (χ0v) is 15.3. The molecule has 0 bridgehead atoms. The largest absolute Gasteiger partial charge is 0.416 e. The summed E-state index contributed by atoms with van der Waals surface area (Å²) >= 11 is 5.05. The van der Waals surface area contributed by atoms with Gasteiger partial charge in [0.1, 0.15) is 5.54 Å². The molecule has 2 fully saturated rings. The predicted octanol–water partition coefficient (Wildman–Crippen LogP) is 3.41. The topological polar surface area (TPSA) is 73.5 Å². The number of hydrazine groups is 1. The minimum atomic E-state index is -4.48. The second-order valence-corrected chi connectivity index (χ2v) is 7.39. The molecule has 1 saturated heterocycles. The van der Waals surface area contributed by atoms with Gasteiger partial charge < -0.3 is 10.6 Å². The van der Waals surface area contributed by atoms with Crippen molar-refractivity contribution < 1.29 is 22.8 Å². The van der Waals surface area contributed by atoms with Gasteiger partial charge in [-0.1, -0.05) is 13.0 Å². The van der Waals surface area contributed by atoms with Crippen LogP contribution in [0, 0.1) is 5.92 Å². The second kappa shape index (κ2) is 6.99. The van der Waals surface area contributed by atoms with Crippen molar-refractivity contribution in [1.82, 2.24) is 15.8 Å². The first kappa shape index (κ1) is 19.4. The van der Waals surface area contributed by atoms with Gasteiger partial charge in [0.05, 0.1) is 5.56 Å². The van der Waals surface area contributed by atoms with Crippen LogP contribution >= 0.6 is 12.2 Å². The average molecular weight is 400 g/mol. The van der Waals surface area contributed by atoms with Crippen LogP contribution in [0.15, 0.2) is 24.3 Å². The van der Waals surface area contributed by atoms with Gasteiger partial charge in [0.25, 0.3) is 5.91 Å². The lowest BCUT2D eigenvalue weighted by molar-refractivity contribution is -0.137. The fourth-order valence-corrected chi connectivity index (χ4v) is 3.56. The highest BCUT2D eigenvalue weighted by Gasteiger charge is 2.52. The molecule has 6 nitrogen and oxygen atoms in total. The Morgan fingerprint density at radius 2 is 1.96 bits per heavy atom. The number of imide groups is 1. The number of benzene rings is 1. The van der Waals surface area contributed by atoms with E-state index in [0.717, 1.165) is 30.0 Å². The fourth-order valence-electron chi connectivity index (χ4n) is 3.35. The molecule has 3 rings (SSSR count). The molecule has 1 aromatic rings. The lowest BCUT2D eigenvalue weighted by Gasteiger charge is -2.33. The molecule has 146 valence electrons. The van der Waals surface area contributed by atoms with Gasteiger partial charge in [-0.3, -0.25) is 10.2 Å². The van der Waals surface area contributed by atoms with Crippen LogP contribution in [0.3, 0.4) is 0 Å². The Morgan fingerprint density at radius 1 is 1.30 bits per heavy atom. The highest BCUT2D eigenvalue weighted by Crippen LogP contribution is 2.36. The number of hydrogen-bond donors (Lipinski definition) is 3. The summed E-state index contributed by atoms with van der Waals surface area (Å²) in [6.45, 7) is 2.10. The Morgan fingerprint density at radius 3 is 2.59 bits per heavy atom. The Bertz CT molecular complexity index is 776. The number of rotatable bonds is 2. The van der Waals surface area contributed by atoms with E-state index in [2.05, 4.69) is 23.0 Å². The normalized spacial score (nSPS) is 25.5. The molecule has 27 heavy (non-hydrogen) atoms. The maximum atomic E-state index is 12.8. The zero-order chi connectivity index (χ0) is 19.8. The molecule has 1 spiro atoms. The Kier molecular flexibility index (Phi) is 5.02. The van der Waals surface area contributed by atoms with Crippen LogP contribution in [-0.4, -0.2) is 27.6 Å². The van der Waals surface area contributed by atoms with E-state index in [1.165, 1.54) is 12.1 Å². The molecule has 1 aliphatic carbocycles. The second-order valence-electron chi connectivity index (χ2n) is 6.98. The summed E-state index contributed by atoms with van der Waals surface area (Å²) in [5, 5.41) is 5.93. The summed E-state index contributed by atoms with van der Waals surface area (Å²) in [6.07, 6.45) is -1.74. The number of nitrogens with one attached hydrogen (secondary N) is 3. The highest BCUT2D eigenvalue weighted by atomic mass is 32.1. The third-order valence-corrected chi connectivity index (χ3v) is 5.14. The monoisotopic (exact) mass is 400 g/mol. The van der Waals surface area contributed by atoms with E-state index >= 15 is 0 Å². The average Bonchev–Trinajstić information content (AvgIpc) is 2.81. The van der Waals surface area contributed by atoms with E-state index in [1.807, 2.05) is 0 Å². The minimum absolute atomic E-state index is 0.0931. The summed E-state index contributed by atoms with van der Waals surface area (Å²) in [5.74, 6) is 0.0681. The molecule has 3 amide bonds. The highest BCUT2D eigenvalue weighted by molar-refractivity contribution is 7.80. The summed E-state index contributed by atoms with van der Waals surface area (Å²) in [4.78, 5) is 24.9. The van der Waals surface area contributed by atoms with Crippen molar-refractivity contribution in [3.63, 3.8) is 0 Å². The molecule has 0 atom stereocenters. The van der Waals surface area contributed by atoms with Crippen molar-refractivity contribution in [2.45, 2.75) is 44.3 Å². The molecular formula is C17H19F3N4O2S. The molecule has 0 unspecified atom stereocenters. The van der Waals surface area contributed by atoms with Gasteiger partial charge in [-0.15, -0.1) is 0 Å². The zero-order valence-electron chi connectivity index (χ0n) is 14.5. The third-order valence-electron chi connectivity index (χ3n) is 4.95. The standard InChI is InChI=1S/C17H19F3N4O2S/c1-10-5-7-16(8-6-10)13(25)24(15(26)22-16)23-14(27)21-12-4-2-3-11(9-12)17(18,19)20/h2-4,9-10H,5-8H2,1H3,(H,22,26)(H2,21,23,27). The summed E-state index contributed by atoms with van der Waals surface area (Å²) < 4.78 is 38.3. The van der Waals surface area contributed by atoms with Gasteiger partial charge >= 0.3 is 12.2 Å². The van der Waals surface area contributed by atoms with E-state index in [0.29, 0.717) is 18.8 Å². The van der Waals surface area contributed by atoms with Crippen molar-refractivity contribution in [2.75, 3.05) is 5.32 Å². The maximum absolute atomic E-state index is 12.8. The van der Waals surface area contributed by atoms with E-state index in [-0.39, 0.29) is 10.8 Å². The van der Waals surface area contributed by atoms with Gasteiger partial charge in [-0.25, -0.2) is 4.79 Å². The van der Waals surface area contributed by atoms with Crippen molar-refractivity contribution in [2.24, 2.45) is 5.92 Å². The summed E-state index contributed by atoms with van der Waals surface area (Å²) in [7, 11) is 0. The first-order valence-corrected chi connectivity index (χ1v) is 8.93. The molecule has 0 aromatic heterocycles. The Balaban J connectivity index is 1.66. The molecule has 1 aliphatic heterocycles. The summed E-state index contributed by atoms with van der Waals surface area (Å²) in [6, 6.07) is 3.85. The van der Waals surface area contributed by atoms with Crippen LogP contribution in [-0.2, 0) is 11.0 Å². The number of halogens is 3. The number of thiocarbonyl (C=S) groups is 1. The van der Waals surface area contributed by atoms with Crippen molar-refractivity contribution in [3.05, 3.63) is 29.8 Å². The van der Waals surface area contributed by atoms with Gasteiger partial charge in [0.2, 0.25) is 0 Å². The number of alkyl halides is 3. The smallest absolute Gasteiger partial charge is 0.331 e. The quantitative estimate of drug-likeness (QED) is 0.524. The Labute approximate surface area is 159 Å². The van der Waals surface area contributed by atoms with E-state index in [1.54, 1.807) is 0 Å². The number of urea groups is 1. The van der Waals surface area contributed by atoms with Crippen molar-refractivity contribution in [1.29, 1.82) is 0 Å². The van der Waals surface area contributed by atoms with Crippen LogP contribution in [0.5, 0.6) is 0 Å². The van der Waals surface area contributed by atoms with Gasteiger partial charge in [0, 0.05) is 5.69 Å². The molecule has 10 heteroatoms. The summed E-state index contributed by atoms with van der Waals surface area (Å²) in [5.41, 5.74) is 0.811. The van der Waals surface area contributed by atoms with Crippen LogP contribution in [0.25, 0.3) is 0 Å². The SMILES string of the molecule is CC1CCC2(CC1)NC(=O)N(NC(=S)Nc1cccc(C(F)(F)F)c1)C2=O. The number of hydrogen-bond acceptors (Lipinski definition) is 3. The predicted molar refractivity (Wildman–Crippen MR) is 96.5 cm³/mol. The molecule has 0 radical (unpaired) electrons. The third kappa shape index (κ3) is 4.00. The molecule has 1 aromatic carbocycles. The number of carbonyl (C=O) groups is 2. The maximum Gasteiger partial charge on any atom is 0.416 e. The lowest BCUT2D eigenvalue weighted by atomic mass is 9.77. The van der Waals surface area contributed by atoms with Crippen LogP contribution in [0.1, 0.15) is 38.2 Å². The molecule has 2 aliphatic rings. The molecule has 1 heterocycles. The number of nitrogens with zero attached hydrogens (tertiary/aromatic N) is 1. The number of anilines is 1. The minimum Gasteiger partial charge on any atom is -0.331 e. The van der Waals surface area contributed by atoms with Crippen LogP contribution in [0.4, 0.5) is 23.7 Å². The Hall–Kier alpha value is -2.36. The lowest BCUT2D eigenvalue weighted by Crippen LogP contribution is -2.52. The van der Waals surface area contributed by atoms with E-state index in [9.17, 15) is 22.8 Å². The van der Waals surface area contributed by atoms with Gasteiger partial charge in [0.15, 0.2) is 5.11 Å². The van der Waals surface area contributed by atoms with E-state index in [4.69, 9.17) is 12.2 Å². The van der Waals surface area contributed by atoms with Crippen LogP contribution < -0.4 is 16.1 Å². The molecule has 3 N–H and O–H groups in total. The fraction of sp³-hybridized carbons (Fsp3) is 0.471. The van der Waals surface area contributed by atoms with E-state index < -0.39 is 29.2 Å². The molecular weight excluding hydrogens is 381 g/mol. The van der Waals surface area contributed by atoms with Crippen LogP contribution in [0.2, 0.25) is 0 Å². The first-order valence-electron chi connectivity index (χ1n) is 8.52. The van der Waals surface area contributed by atoms with Gasteiger partial charge in [-0.05, 0) is 62.0 Å². The molecule has 1 saturated carbocycles.